The quantitative estimate of drug-likeness (QED) is 0.167. The Bertz CT molecular complexity index is 1700. The molecule has 7 nitrogen and oxygen atoms in total. The number of hydrogen-bond acceptors (Lipinski definition) is 4. The van der Waals surface area contributed by atoms with Crippen LogP contribution in [0.5, 0.6) is 0 Å². The van der Waals surface area contributed by atoms with E-state index in [0.717, 1.165) is 45.6 Å². The van der Waals surface area contributed by atoms with Gasteiger partial charge in [0, 0.05) is 28.0 Å². The number of rotatable bonds is 12. The molecule has 1 unspecified atom stereocenters. The number of benzene rings is 4. The number of carbonyl (C=O) groups is 2. The lowest BCUT2D eigenvalue weighted by Gasteiger charge is -2.34. The Morgan fingerprint density at radius 2 is 1.42 bits per heavy atom. The van der Waals surface area contributed by atoms with E-state index in [1.165, 1.54) is 17.0 Å². The molecule has 234 valence electrons. The lowest BCUT2D eigenvalue weighted by molar-refractivity contribution is -0.140. The van der Waals surface area contributed by atoms with Gasteiger partial charge in [0.1, 0.15) is 12.6 Å². The van der Waals surface area contributed by atoms with Crippen molar-refractivity contribution in [3.63, 3.8) is 0 Å². The molecular weight excluding hydrogens is 718 g/mol. The molecule has 1 saturated carbocycles. The van der Waals surface area contributed by atoms with Gasteiger partial charge in [0.2, 0.25) is 11.8 Å². The Hall–Kier alpha value is -3.47. The molecule has 0 spiro atoms. The molecule has 45 heavy (non-hydrogen) atoms. The van der Waals surface area contributed by atoms with Crippen LogP contribution in [-0.2, 0) is 32.6 Å². The number of sulfonamides is 1. The second-order valence-corrected chi connectivity index (χ2v) is 14.8. The third kappa shape index (κ3) is 8.62. The summed E-state index contributed by atoms with van der Waals surface area (Å²) >= 11 is 6.92. The van der Waals surface area contributed by atoms with Crippen LogP contribution in [0.4, 0.5) is 5.69 Å². The van der Waals surface area contributed by atoms with Crippen LogP contribution in [-0.4, -0.2) is 43.8 Å². The second-order valence-electron chi connectivity index (χ2n) is 11.1. The monoisotopic (exact) mass is 751 g/mol. The van der Waals surface area contributed by atoms with Crippen LogP contribution in [0.2, 0.25) is 0 Å². The van der Waals surface area contributed by atoms with Crippen molar-refractivity contribution < 1.29 is 18.0 Å². The van der Waals surface area contributed by atoms with Crippen LogP contribution in [0.3, 0.4) is 0 Å². The summed E-state index contributed by atoms with van der Waals surface area (Å²) in [7, 11) is -4.14. The van der Waals surface area contributed by atoms with E-state index in [9.17, 15) is 18.0 Å². The predicted octanol–water partition coefficient (Wildman–Crippen LogP) is 7.11. The summed E-state index contributed by atoms with van der Waals surface area (Å²) in [5.41, 5.74) is 2.05. The Balaban J connectivity index is 1.56. The maximum Gasteiger partial charge on any atom is 0.264 e. The topological polar surface area (TPSA) is 86.8 Å². The minimum absolute atomic E-state index is 0.0528. The van der Waals surface area contributed by atoms with Crippen LogP contribution in [0.15, 0.2) is 123 Å². The van der Waals surface area contributed by atoms with Crippen LogP contribution < -0.4 is 9.62 Å². The first-order chi connectivity index (χ1) is 21.7. The Labute approximate surface area is 281 Å². The van der Waals surface area contributed by atoms with Crippen molar-refractivity contribution in [3.05, 3.63) is 129 Å². The van der Waals surface area contributed by atoms with E-state index in [4.69, 9.17) is 0 Å². The fourth-order valence-electron chi connectivity index (χ4n) is 5.59. The van der Waals surface area contributed by atoms with Gasteiger partial charge < -0.3 is 10.2 Å². The molecule has 2 amide bonds. The zero-order valence-electron chi connectivity index (χ0n) is 24.7. The summed E-state index contributed by atoms with van der Waals surface area (Å²) in [6.07, 6.45) is 4.18. The molecule has 5 rings (SSSR count). The van der Waals surface area contributed by atoms with Crippen LogP contribution in [0.1, 0.15) is 36.8 Å². The smallest absolute Gasteiger partial charge is 0.264 e. The Kier molecular flexibility index (Phi) is 11.1. The molecule has 1 fully saturated rings. The van der Waals surface area contributed by atoms with E-state index >= 15 is 0 Å². The van der Waals surface area contributed by atoms with Gasteiger partial charge in [0.15, 0.2) is 0 Å². The van der Waals surface area contributed by atoms with Crippen LogP contribution in [0, 0.1) is 0 Å². The molecule has 10 heteroatoms. The molecule has 0 aromatic heterocycles. The van der Waals surface area contributed by atoms with Gasteiger partial charge >= 0.3 is 0 Å². The summed E-state index contributed by atoms with van der Waals surface area (Å²) < 4.78 is 30.8. The highest BCUT2D eigenvalue weighted by atomic mass is 79.9. The summed E-state index contributed by atoms with van der Waals surface area (Å²) in [5, 5.41) is 3.20. The number of nitrogens with one attached hydrogen (secondary N) is 1. The summed E-state index contributed by atoms with van der Waals surface area (Å²) in [4.78, 5) is 30.2. The molecule has 0 bridgehead atoms. The second kappa shape index (κ2) is 15.2. The van der Waals surface area contributed by atoms with Gasteiger partial charge in [0.05, 0.1) is 10.6 Å². The molecule has 0 heterocycles. The van der Waals surface area contributed by atoms with Crippen molar-refractivity contribution in [1.29, 1.82) is 0 Å². The van der Waals surface area contributed by atoms with Crippen molar-refractivity contribution in [2.75, 3.05) is 10.8 Å². The molecule has 1 aliphatic carbocycles. The summed E-state index contributed by atoms with van der Waals surface area (Å²) in [6, 6.07) is 31.2. The van der Waals surface area contributed by atoms with Gasteiger partial charge in [-0.15, -0.1) is 0 Å². The lowest BCUT2D eigenvalue weighted by Crippen LogP contribution is -2.54. The van der Waals surface area contributed by atoms with Crippen LogP contribution in [0.25, 0.3) is 0 Å². The number of carbonyl (C=O) groups excluding carboxylic acids is 2. The average molecular weight is 754 g/mol. The van der Waals surface area contributed by atoms with E-state index in [0.29, 0.717) is 10.2 Å². The largest absolute Gasteiger partial charge is 0.352 e. The normalized spacial score (nSPS) is 14.1. The molecule has 0 saturated heterocycles. The van der Waals surface area contributed by atoms with E-state index in [1.807, 2.05) is 54.6 Å². The van der Waals surface area contributed by atoms with Crippen molar-refractivity contribution in [2.24, 2.45) is 0 Å². The summed E-state index contributed by atoms with van der Waals surface area (Å²) in [6.45, 7) is -0.369. The Morgan fingerprint density at radius 1 is 0.778 bits per heavy atom. The SMILES string of the molecule is O=C(NC1CCCC1)C(Cc1ccccc1)N(Cc1ccc(Br)cc1)C(=O)CN(c1cccc(Br)c1)S(=O)(=O)c1ccccc1. The van der Waals surface area contributed by atoms with Crippen LogP contribution >= 0.6 is 31.9 Å². The third-order valence-electron chi connectivity index (χ3n) is 7.95. The highest BCUT2D eigenvalue weighted by Gasteiger charge is 2.35. The molecule has 4 aromatic carbocycles. The van der Waals surface area contributed by atoms with Crippen molar-refractivity contribution in [1.82, 2.24) is 10.2 Å². The highest BCUT2D eigenvalue weighted by molar-refractivity contribution is 9.10. The number of anilines is 1. The minimum atomic E-state index is -4.14. The first-order valence-corrected chi connectivity index (χ1v) is 17.9. The molecule has 0 radical (unpaired) electrons. The first kappa shape index (κ1) is 32.9. The van der Waals surface area contributed by atoms with Gasteiger partial charge in [-0.1, -0.05) is 111 Å². The maximum absolute atomic E-state index is 14.6. The molecule has 0 aliphatic heterocycles. The zero-order chi connectivity index (χ0) is 31.8. The van der Waals surface area contributed by atoms with Gasteiger partial charge in [-0.2, -0.15) is 0 Å². The van der Waals surface area contributed by atoms with Crippen molar-refractivity contribution >= 4 is 59.4 Å². The van der Waals surface area contributed by atoms with E-state index in [-0.39, 0.29) is 29.8 Å². The Morgan fingerprint density at radius 3 is 2.07 bits per heavy atom. The van der Waals surface area contributed by atoms with E-state index in [2.05, 4.69) is 37.2 Å². The lowest BCUT2D eigenvalue weighted by atomic mass is 10.0. The fraction of sp³-hybridized carbons (Fsp3) is 0.257. The predicted molar refractivity (Wildman–Crippen MR) is 184 cm³/mol. The van der Waals surface area contributed by atoms with Gasteiger partial charge in [-0.25, -0.2) is 8.42 Å². The number of amides is 2. The molecular formula is C35H35Br2N3O4S. The third-order valence-corrected chi connectivity index (χ3v) is 10.8. The summed E-state index contributed by atoms with van der Waals surface area (Å²) in [5.74, 6) is -0.726. The van der Waals surface area contributed by atoms with Crippen molar-refractivity contribution in [3.8, 4) is 0 Å². The molecule has 1 atom stereocenters. The minimum Gasteiger partial charge on any atom is -0.352 e. The molecule has 4 aromatic rings. The first-order valence-electron chi connectivity index (χ1n) is 14.9. The van der Waals surface area contributed by atoms with Gasteiger partial charge in [-0.3, -0.25) is 13.9 Å². The zero-order valence-corrected chi connectivity index (χ0v) is 28.7. The van der Waals surface area contributed by atoms with Crippen molar-refractivity contribution in [2.45, 2.75) is 55.6 Å². The number of halogens is 2. The average Bonchev–Trinajstić information content (AvgIpc) is 3.56. The molecule has 1 aliphatic rings. The maximum atomic E-state index is 14.6. The number of hydrogen-bond donors (Lipinski definition) is 1. The van der Waals surface area contributed by atoms with Gasteiger partial charge in [0.25, 0.3) is 10.0 Å². The standard InChI is InChI=1S/C35H35Br2N3O4S/c36-28-20-18-27(19-21-28)24-39(33(22-26-10-3-1-4-11-26)35(42)38-30-13-7-8-14-30)34(41)25-40(31-15-9-12-29(37)23-31)45(43,44)32-16-5-2-6-17-32/h1-6,9-12,15-21,23,30,33H,7-8,13-14,22,24-25H2,(H,38,42). The molecule has 1 N–H and O–H groups in total. The number of nitrogens with zero attached hydrogens (tertiary/aromatic N) is 2. The fourth-order valence-corrected chi connectivity index (χ4v) is 7.67. The van der Waals surface area contributed by atoms with Gasteiger partial charge in [-0.05, 0) is 66.4 Å². The highest BCUT2D eigenvalue weighted by Crippen LogP contribution is 2.28. The van der Waals surface area contributed by atoms with E-state index in [1.54, 1.807) is 42.5 Å². The van der Waals surface area contributed by atoms with E-state index < -0.39 is 28.5 Å².